The summed E-state index contributed by atoms with van der Waals surface area (Å²) < 4.78 is 1.97. The van der Waals surface area contributed by atoms with Crippen LogP contribution in [0, 0.1) is 0 Å². The second kappa shape index (κ2) is 7.79. The highest BCUT2D eigenvalue weighted by Gasteiger charge is 2.22. The van der Waals surface area contributed by atoms with Crippen molar-refractivity contribution in [3.63, 3.8) is 0 Å². The molecule has 0 saturated heterocycles. The molecular formula is C14H25N5OS. The average Bonchev–Trinajstić information content (AvgIpc) is 2.94. The largest absolute Gasteiger partial charge is 0.342 e. The molecule has 2 N–H and O–H groups in total. The zero-order chi connectivity index (χ0) is 15.2. The van der Waals surface area contributed by atoms with Gasteiger partial charge in [-0.3, -0.25) is 4.79 Å². The van der Waals surface area contributed by atoms with E-state index in [9.17, 15) is 4.79 Å². The third-order valence-corrected chi connectivity index (χ3v) is 5.08. The van der Waals surface area contributed by atoms with Gasteiger partial charge in [0.05, 0.1) is 12.3 Å². The van der Waals surface area contributed by atoms with E-state index < -0.39 is 0 Å². The lowest BCUT2D eigenvalue weighted by Gasteiger charge is -2.31. The van der Waals surface area contributed by atoms with Gasteiger partial charge in [0.2, 0.25) is 5.91 Å². The molecule has 0 aromatic carbocycles. The standard InChI is InChI=1S/C14H25N5OS/c1-3-19-12(9-15)16-17-14(19)21-10-13(20)18(2)11-7-5-4-6-8-11/h11H,3-10,15H2,1-2H3. The molecule has 118 valence electrons. The van der Waals surface area contributed by atoms with Gasteiger partial charge < -0.3 is 15.2 Å². The maximum Gasteiger partial charge on any atom is 0.233 e. The number of hydrogen-bond donors (Lipinski definition) is 1. The van der Waals surface area contributed by atoms with E-state index in [-0.39, 0.29) is 5.91 Å². The van der Waals surface area contributed by atoms with Gasteiger partial charge >= 0.3 is 0 Å². The monoisotopic (exact) mass is 311 g/mol. The number of amides is 1. The first-order valence-corrected chi connectivity index (χ1v) is 8.66. The van der Waals surface area contributed by atoms with Crippen molar-refractivity contribution >= 4 is 17.7 Å². The van der Waals surface area contributed by atoms with Gasteiger partial charge in [0.25, 0.3) is 0 Å². The molecule has 1 aliphatic rings. The van der Waals surface area contributed by atoms with Crippen LogP contribution in [0.15, 0.2) is 5.16 Å². The predicted octanol–water partition coefficient (Wildman–Crippen LogP) is 1.64. The normalized spacial score (nSPS) is 16.1. The minimum atomic E-state index is 0.173. The first-order valence-electron chi connectivity index (χ1n) is 7.68. The van der Waals surface area contributed by atoms with Crippen molar-refractivity contribution < 1.29 is 4.79 Å². The summed E-state index contributed by atoms with van der Waals surface area (Å²) in [6.45, 7) is 3.17. The molecule has 2 rings (SSSR count). The Bertz CT molecular complexity index is 470. The summed E-state index contributed by atoms with van der Waals surface area (Å²) >= 11 is 1.45. The Morgan fingerprint density at radius 3 is 2.71 bits per heavy atom. The van der Waals surface area contributed by atoms with Crippen molar-refractivity contribution in [2.24, 2.45) is 5.73 Å². The van der Waals surface area contributed by atoms with Crippen LogP contribution >= 0.6 is 11.8 Å². The molecule has 1 heterocycles. The first-order chi connectivity index (χ1) is 10.2. The third kappa shape index (κ3) is 3.97. The predicted molar refractivity (Wildman–Crippen MR) is 84.0 cm³/mol. The highest BCUT2D eigenvalue weighted by molar-refractivity contribution is 7.99. The quantitative estimate of drug-likeness (QED) is 0.808. The van der Waals surface area contributed by atoms with Gasteiger partial charge in [-0.1, -0.05) is 31.0 Å². The van der Waals surface area contributed by atoms with Crippen LogP contribution in [0.25, 0.3) is 0 Å². The van der Waals surface area contributed by atoms with Crippen LogP contribution in [-0.2, 0) is 17.9 Å². The summed E-state index contributed by atoms with van der Waals surface area (Å²) in [5.74, 6) is 1.36. The SMILES string of the molecule is CCn1c(CN)nnc1SCC(=O)N(C)C1CCCCC1. The molecule has 1 fully saturated rings. The molecule has 0 spiro atoms. The summed E-state index contributed by atoms with van der Waals surface area (Å²) in [6.07, 6.45) is 6.04. The second-order valence-corrected chi connectivity index (χ2v) is 6.37. The number of nitrogens with two attached hydrogens (primary N) is 1. The van der Waals surface area contributed by atoms with E-state index in [0.717, 1.165) is 30.4 Å². The van der Waals surface area contributed by atoms with E-state index in [1.165, 1.54) is 31.0 Å². The molecule has 0 unspecified atom stereocenters. The molecule has 0 aliphatic heterocycles. The number of rotatable bonds is 6. The van der Waals surface area contributed by atoms with E-state index >= 15 is 0 Å². The van der Waals surface area contributed by atoms with Crippen molar-refractivity contribution in [1.82, 2.24) is 19.7 Å². The maximum absolute atomic E-state index is 12.3. The summed E-state index contributed by atoms with van der Waals surface area (Å²) in [6, 6.07) is 0.412. The van der Waals surface area contributed by atoms with Crippen molar-refractivity contribution in [2.45, 2.75) is 63.3 Å². The lowest BCUT2D eigenvalue weighted by molar-refractivity contribution is -0.129. The zero-order valence-corrected chi connectivity index (χ0v) is 13.7. The fourth-order valence-corrected chi connectivity index (χ4v) is 3.74. The molecule has 1 amide bonds. The summed E-state index contributed by atoms with van der Waals surface area (Å²) in [5, 5.41) is 8.97. The average molecular weight is 311 g/mol. The minimum Gasteiger partial charge on any atom is -0.342 e. The summed E-state index contributed by atoms with van der Waals surface area (Å²) in [5.41, 5.74) is 5.63. The molecule has 21 heavy (non-hydrogen) atoms. The van der Waals surface area contributed by atoms with Crippen LogP contribution in [-0.4, -0.2) is 44.4 Å². The van der Waals surface area contributed by atoms with Crippen LogP contribution in [0.3, 0.4) is 0 Å². The number of aromatic nitrogens is 3. The summed E-state index contributed by atoms with van der Waals surface area (Å²) in [7, 11) is 1.93. The Kier molecular flexibility index (Phi) is 6.05. The third-order valence-electron chi connectivity index (χ3n) is 4.13. The van der Waals surface area contributed by atoms with Crippen LogP contribution in [0.5, 0.6) is 0 Å². The topological polar surface area (TPSA) is 77.0 Å². The van der Waals surface area contributed by atoms with Crippen molar-refractivity contribution in [1.29, 1.82) is 0 Å². The Hall–Kier alpha value is -1.08. The molecule has 0 bridgehead atoms. The molecule has 0 radical (unpaired) electrons. The molecular weight excluding hydrogens is 286 g/mol. The Balaban J connectivity index is 1.89. The number of nitrogens with zero attached hydrogens (tertiary/aromatic N) is 4. The first kappa shape index (κ1) is 16.3. The van der Waals surface area contributed by atoms with Gasteiger partial charge in [-0.25, -0.2) is 0 Å². The number of carbonyl (C=O) groups excluding carboxylic acids is 1. The second-order valence-electron chi connectivity index (χ2n) is 5.43. The number of thioether (sulfide) groups is 1. The minimum absolute atomic E-state index is 0.173. The van der Waals surface area contributed by atoms with E-state index in [4.69, 9.17) is 5.73 Å². The number of hydrogen-bond acceptors (Lipinski definition) is 5. The lowest BCUT2D eigenvalue weighted by atomic mass is 9.94. The van der Waals surface area contributed by atoms with Crippen molar-refractivity contribution in [3.8, 4) is 0 Å². The molecule has 1 saturated carbocycles. The Labute approximate surface area is 130 Å². The highest BCUT2D eigenvalue weighted by atomic mass is 32.2. The van der Waals surface area contributed by atoms with Crippen LogP contribution in [0.1, 0.15) is 44.9 Å². The van der Waals surface area contributed by atoms with E-state index in [1.54, 1.807) is 0 Å². The van der Waals surface area contributed by atoms with Gasteiger partial charge in [-0.05, 0) is 19.8 Å². The van der Waals surface area contributed by atoms with Gasteiger partial charge in [0, 0.05) is 19.6 Å². The van der Waals surface area contributed by atoms with Gasteiger partial charge in [-0.15, -0.1) is 10.2 Å². The lowest BCUT2D eigenvalue weighted by Crippen LogP contribution is -2.39. The Morgan fingerprint density at radius 2 is 2.10 bits per heavy atom. The van der Waals surface area contributed by atoms with E-state index in [0.29, 0.717) is 18.3 Å². The summed E-state index contributed by atoms with van der Waals surface area (Å²) in [4.78, 5) is 14.2. The highest BCUT2D eigenvalue weighted by Crippen LogP contribution is 2.23. The molecule has 1 aliphatic carbocycles. The smallest absolute Gasteiger partial charge is 0.233 e. The van der Waals surface area contributed by atoms with Gasteiger partial charge in [0.1, 0.15) is 5.82 Å². The van der Waals surface area contributed by atoms with Crippen molar-refractivity contribution in [2.75, 3.05) is 12.8 Å². The maximum atomic E-state index is 12.3. The zero-order valence-electron chi connectivity index (χ0n) is 12.9. The molecule has 7 heteroatoms. The molecule has 1 aromatic heterocycles. The van der Waals surface area contributed by atoms with Crippen molar-refractivity contribution in [3.05, 3.63) is 5.82 Å². The van der Waals surface area contributed by atoms with Gasteiger partial charge in [0.15, 0.2) is 5.16 Å². The molecule has 0 atom stereocenters. The van der Waals surface area contributed by atoms with Crippen LogP contribution in [0.4, 0.5) is 0 Å². The fraction of sp³-hybridized carbons (Fsp3) is 0.786. The molecule has 6 nitrogen and oxygen atoms in total. The fourth-order valence-electron chi connectivity index (χ4n) is 2.79. The number of carbonyl (C=O) groups is 1. The van der Waals surface area contributed by atoms with E-state index in [2.05, 4.69) is 10.2 Å². The van der Waals surface area contributed by atoms with Crippen LogP contribution in [0.2, 0.25) is 0 Å². The molecule has 1 aromatic rings. The van der Waals surface area contributed by atoms with Crippen LogP contribution < -0.4 is 5.73 Å². The Morgan fingerprint density at radius 1 is 1.38 bits per heavy atom. The van der Waals surface area contributed by atoms with Gasteiger partial charge in [-0.2, -0.15) is 0 Å². The van der Waals surface area contributed by atoms with E-state index in [1.807, 2.05) is 23.4 Å².